The van der Waals surface area contributed by atoms with Crippen LogP contribution in [0.15, 0.2) is 102 Å². The molecule has 3 aliphatic rings. The summed E-state index contributed by atoms with van der Waals surface area (Å²) in [6, 6.07) is 11.6. The van der Waals surface area contributed by atoms with Gasteiger partial charge >= 0.3 is 5.69 Å². The number of benzene rings is 2. The van der Waals surface area contributed by atoms with Gasteiger partial charge < -0.3 is 24.0 Å². The van der Waals surface area contributed by atoms with E-state index in [2.05, 4.69) is 77.0 Å². The van der Waals surface area contributed by atoms with Crippen LogP contribution in [-0.2, 0) is 26.4 Å². The Hall–Kier alpha value is -4.92. The van der Waals surface area contributed by atoms with Gasteiger partial charge in [-0.15, -0.1) is 0 Å². The standard InChI is InChI=1S/C37H42F2N8O4.C4H10/c1-3-28(4-2)47-36(48)46(26-42-47)31-11-9-30(10-12-31)44-18-16-43(17-19-44)29-6-5-7-32(14-13-29)49-21-35-50-23-37(51-35,22-45-25-40-24-41-45)33-15-8-27(38)20-34(33)39;1-3-4-2/h5-15,20,24-26,28,32,35H,3-4,16-19,21-23H2,1-2H3;3-4H2,1-2H3/t32?,35-,37?;/m0./s1. The Labute approximate surface area is 321 Å². The lowest BCUT2D eigenvalue weighted by atomic mass is 9.94. The molecule has 2 unspecified atom stereocenters. The van der Waals surface area contributed by atoms with Crippen molar-refractivity contribution in [3.8, 4) is 5.69 Å². The van der Waals surface area contributed by atoms with Crippen LogP contribution in [0, 0.1) is 11.6 Å². The zero-order valence-corrected chi connectivity index (χ0v) is 32.1. The highest BCUT2D eigenvalue weighted by atomic mass is 19.1. The smallest absolute Gasteiger partial charge is 0.350 e. The number of unbranched alkanes of at least 4 members (excludes halogenated alkanes) is 1. The molecule has 1 aliphatic carbocycles. The second-order valence-corrected chi connectivity index (χ2v) is 13.9. The van der Waals surface area contributed by atoms with E-state index in [-0.39, 0.29) is 43.2 Å². The molecule has 7 rings (SSSR count). The van der Waals surface area contributed by atoms with Crippen molar-refractivity contribution in [2.75, 3.05) is 44.3 Å². The number of nitrogens with zero attached hydrogens (tertiary/aromatic N) is 8. The van der Waals surface area contributed by atoms with E-state index >= 15 is 0 Å². The largest absolute Gasteiger partial charge is 0.368 e. The Balaban J connectivity index is 0.00000123. The number of hydrogen-bond donors (Lipinski definition) is 0. The Morgan fingerprint density at radius 2 is 1.64 bits per heavy atom. The van der Waals surface area contributed by atoms with Gasteiger partial charge in [-0.3, -0.25) is 0 Å². The van der Waals surface area contributed by atoms with Crippen LogP contribution in [0.25, 0.3) is 5.69 Å². The molecular weight excluding hydrogens is 706 g/mol. The molecule has 55 heavy (non-hydrogen) atoms. The maximum atomic E-state index is 15.0. The molecule has 0 radical (unpaired) electrons. The van der Waals surface area contributed by atoms with Crippen LogP contribution in [-0.4, -0.2) is 85.8 Å². The summed E-state index contributed by atoms with van der Waals surface area (Å²) < 4.78 is 51.7. The number of allylic oxidation sites excluding steroid dienone is 3. The maximum Gasteiger partial charge on any atom is 0.350 e. The predicted molar refractivity (Wildman–Crippen MR) is 207 cm³/mol. The zero-order valence-electron chi connectivity index (χ0n) is 32.1. The SMILES string of the molecule is CCC(CC)n1ncn(-c2ccc(N3CCN(C4=CC=CC(OC[C@H]5OCC(Cn6cncn6)(c6ccc(F)cc6F)O5)C=C4)CC3)cc2)c1=O.CCCC. The van der Waals surface area contributed by atoms with E-state index in [1.165, 1.54) is 42.3 Å². The summed E-state index contributed by atoms with van der Waals surface area (Å²) in [5, 5.41) is 8.50. The fourth-order valence-electron chi connectivity index (χ4n) is 6.89. The van der Waals surface area contributed by atoms with Gasteiger partial charge in [-0.1, -0.05) is 58.8 Å². The number of piperazine rings is 1. The van der Waals surface area contributed by atoms with Crippen LogP contribution in [0.5, 0.6) is 0 Å². The Bertz CT molecular complexity index is 1960. The topological polar surface area (TPSA) is 105 Å². The van der Waals surface area contributed by atoms with Gasteiger partial charge in [0, 0.05) is 49.2 Å². The summed E-state index contributed by atoms with van der Waals surface area (Å²) >= 11 is 0. The molecule has 2 aliphatic heterocycles. The first-order valence-corrected chi connectivity index (χ1v) is 19.3. The van der Waals surface area contributed by atoms with Gasteiger partial charge in [0.2, 0.25) is 0 Å². The molecule has 0 spiro atoms. The molecule has 0 saturated carbocycles. The first-order chi connectivity index (χ1) is 26.8. The van der Waals surface area contributed by atoms with E-state index in [4.69, 9.17) is 14.2 Å². The molecule has 294 valence electrons. The summed E-state index contributed by atoms with van der Waals surface area (Å²) in [6.45, 7) is 12.2. The minimum Gasteiger partial charge on any atom is -0.368 e. The first kappa shape index (κ1) is 39.8. The van der Waals surface area contributed by atoms with Crippen LogP contribution < -0.4 is 10.6 Å². The highest BCUT2D eigenvalue weighted by Crippen LogP contribution is 2.37. The summed E-state index contributed by atoms with van der Waals surface area (Å²) in [5.41, 5.74) is 1.84. The third kappa shape index (κ3) is 9.49. The number of halogens is 2. The average Bonchev–Trinajstić information content (AvgIpc) is 3.92. The predicted octanol–water partition coefficient (Wildman–Crippen LogP) is 6.56. The van der Waals surface area contributed by atoms with Crippen LogP contribution in [0.2, 0.25) is 0 Å². The van der Waals surface area contributed by atoms with Crippen molar-refractivity contribution < 1.29 is 23.0 Å². The van der Waals surface area contributed by atoms with Crippen molar-refractivity contribution in [1.29, 1.82) is 0 Å². The highest BCUT2D eigenvalue weighted by molar-refractivity contribution is 5.51. The second kappa shape index (κ2) is 18.6. The molecule has 2 saturated heterocycles. The number of hydrogen-bond acceptors (Lipinski definition) is 9. The molecule has 14 heteroatoms. The van der Waals surface area contributed by atoms with Gasteiger partial charge in [-0.2, -0.15) is 10.2 Å². The molecule has 0 bridgehead atoms. The third-order valence-corrected chi connectivity index (χ3v) is 10.2. The van der Waals surface area contributed by atoms with Gasteiger partial charge in [0.05, 0.1) is 37.6 Å². The minimum atomic E-state index is -1.23. The van der Waals surface area contributed by atoms with E-state index in [0.29, 0.717) is 0 Å². The number of rotatable bonds is 13. The van der Waals surface area contributed by atoms with Gasteiger partial charge in [-0.25, -0.2) is 32.5 Å². The van der Waals surface area contributed by atoms with Crippen LogP contribution in [0.1, 0.15) is 65.0 Å². The molecule has 4 aromatic rings. The molecule has 0 amide bonds. The normalized spacial score (nSPS) is 21.1. The highest BCUT2D eigenvalue weighted by Gasteiger charge is 2.45. The molecule has 4 heterocycles. The van der Waals surface area contributed by atoms with Crippen LogP contribution in [0.4, 0.5) is 14.5 Å². The van der Waals surface area contributed by atoms with Gasteiger partial charge in [0.25, 0.3) is 0 Å². The summed E-state index contributed by atoms with van der Waals surface area (Å²) in [5.74, 6) is -1.39. The molecular formula is C41H52F2N8O4. The first-order valence-electron chi connectivity index (χ1n) is 19.3. The summed E-state index contributed by atoms with van der Waals surface area (Å²) in [4.78, 5) is 21.6. The molecule has 2 fully saturated rings. The summed E-state index contributed by atoms with van der Waals surface area (Å²) in [7, 11) is 0. The number of anilines is 1. The monoisotopic (exact) mass is 758 g/mol. The van der Waals surface area contributed by atoms with E-state index in [0.717, 1.165) is 62.2 Å². The Morgan fingerprint density at radius 1 is 0.909 bits per heavy atom. The van der Waals surface area contributed by atoms with Crippen LogP contribution in [0.3, 0.4) is 0 Å². The van der Waals surface area contributed by atoms with E-state index in [1.54, 1.807) is 15.6 Å². The van der Waals surface area contributed by atoms with E-state index < -0.39 is 23.5 Å². The van der Waals surface area contributed by atoms with Crippen LogP contribution >= 0.6 is 0 Å². The molecule has 3 atom stereocenters. The van der Waals surface area contributed by atoms with Gasteiger partial charge in [0.15, 0.2) is 6.29 Å². The van der Waals surface area contributed by atoms with Gasteiger partial charge in [-0.05, 0) is 61.4 Å². The lowest BCUT2D eigenvalue weighted by Crippen LogP contribution is -2.45. The van der Waals surface area contributed by atoms with E-state index in [1.807, 2.05) is 30.4 Å². The average molecular weight is 759 g/mol. The van der Waals surface area contributed by atoms with Crippen molar-refractivity contribution in [3.05, 3.63) is 125 Å². The second-order valence-electron chi connectivity index (χ2n) is 13.9. The quantitative estimate of drug-likeness (QED) is 0.150. The molecule has 2 aromatic carbocycles. The molecule has 12 nitrogen and oxygen atoms in total. The summed E-state index contributed by atoms with van der Waals surface area (Å²) in [6.07, 6.45) is 17.8. The van der Waals surface area contributed by atoms with Crippen molar-refractivity contribution >= 4 is 5.69 Å². The third-order valence-electron chi connectivity index (χ3n) is 10.2. The van der Waals surface area contributed by atoms with Crippen molar-refractivity contribution in [1.82, 2.24) is 34.0 Å². The molecule has 2 aromatic heterocycles. The fraction of sp³-hybridized carbons (Fsp3) is 0.463. The fourth-order valence-corrected chi connectivity index (χ4v) is 6.89. The van der Waals surface area contributed by atoms with Crippen molar-refractivity contribution in [2.24, 2.45) is 0 Å². The lowest BCUT2D eigenvalue weighted by molar-refractivity contribution is -0.136. The van der Waals surface area contributed by atoms with Gasteiger partial charge in [0.1, 0.15) is 36.2 Å². The Morgan fingerprint density at radius 3 is 2.31 bits per heavy atom. The number of aromatic nitrogens is 6. The lowest BCUT2D eigenvalue weighted by Gasteiger charge is -2.38. The molecule has 0 N–H and O–H groups in total. The zero-order chi connectivity index (χ0) is 38.8. The number of ether oxygens (including phenoxy) is 3. The Kier molecular flexibility index (Phi) is 13.5. The van der Waals surface area contributed by atoms with Crippen molar-refractivity contribution in [2.45, 2.75) is 84.0 Å². The maximum absolute atomic E-state index is 15.0. The van der Waals surface area contributed by atoms with Crippen molar-refractivity contribution in [3.63, 3.8) is 0 Å². The minimum absolute atomic E-state index is 0.0335. The van der Waals surface area contributed by atoms with E-state index in [9.17, 15) is 13.6 Å².